The Morgan fingerprint density at radius 2 is 1.67 bits per heavy atom. The number of alkyl carbamates (subject to hydrolysis) is 1. The third-order valence-corrected chi connectivity index (χ3v) is 5.05. The number of rotatable bonds is 7. The van der Waals surface area contributed by atoms with Crippen LogP contribution in [0.4, 0.5) is 4.79 Å². The van der Waals surface area contributed by atoms with E-state index in [1.807, 2.05) is 0 Å². The predicted octanol–water partition coefficient (Wildman–Crippen LogP) is 1.91. The van der Waals surface area contributed by atoms with Crippen LogP contribution in [0.15, 0.2) is 0 Å². The van der Waals surface area contributed by atoms with E-state index in [0.29, 0.717) is 19.4 Å². The number of hydrogen-bond donors (Lipinski definition) is 3. The van der Waals surface area contributed by atoms with Gasteiger partial charge >= 0.3 is 6.09 Å². The van der Waals surface area contributed by atoms with Crippen molar-refractivity contribution in [1.29, 1.82) is 0 Å². The average Bonchev–Trinajstić information content (AvgIpc) is 2.46. The van der Waals surface area contributed by atoms with Crippen molar-refractivity contribution in [3.05, 3.63) is 0 Å². The van der Waals surface area contributed by atoms with Crippen molar-refractivity contribution in [3.63, 3.8) is 0 Å². The first-order chi connectivity index (χ1) is 12.5. The molecule has 0 aromatic heterocycles. The van der Waals surface area contributed by atoms with Crippen molar-refractivity contribution in [2.24, 2.45) is 5.92 Å². The molecule has 0 aromatic carbocycles. The van der Waals surface area contributed by atoms with Gasteiger partial charge in [-0.3, -0.25) is 4.79 Å². The van der Waals surface area contributed by atoms with Gasteiger partial charge in [0.2, 0.25) is 15.9 Å². The van der Waals surface area contributed by atoms with E-state index in [0.717, 1.165) is 38.4 Å². The second-order valence-electron chi connectivity index (χ2n) is 8.16. The maximum atomic E-state index is 12.7. The van der Waals surface area contributed by atoms with E-state index < -0.39 is 21.7 Å². The minimum Gasteiger partial charge on any atom is -0.444 e. The number of hydrogen-bond acceptors (Lipinski definition) is 5. The van der Waals surface area contributed by atoms with Crippen molar-refractivity contribution in [2.45, 2.75) is 77.4 Å². The Hall–Kier alpha value is -1.35. The van der Waals surface area contributed by atoms with Crippen LogP contribution in [0.3, 0.4) is 0 Å². The number of nitrogens with one attached hydrogen (secondary N) is 3. The molecular formula is C18H35N3O5S. The summed E-state index contributed by atoms with van der Waals surface area (Å²) in [6, 6.07) is -0.255. The van der Waals surface area contributed by atoms with Crippen molar-refractivity contribution in [1.82, 2.24) is 15.4 Å². The Balaban J connectivity index is 2.58. The van der Waals surface area contributed by atoms with Crippen LogP contribution >= 0.6 is 0 Å². The molecule has 0 radical (unpaired) electrons. The van der Waals surface area contributed by atoms with Gasteiger partial charge in [0, 0.05) is 19.1 Å². The number of sulfonamides is 1. The summed E-state index contributed by atoms with van der Waals surface area (Å²) in [5.74, 6) is -0.405. The molecule has 0 bridgehead atoms. The summed E-state index contributed by atoms with van der Waals surface area (Å²) in [4.78, 5) is 24.8. The molecule has 2 atom stereocenters. The zero-order chi connectivity index (χ0) is 20.5. The lowest BCUT2D eigenvalue weighted by molar-refractivity contribution is -0.126. The molecule has 0 spiro atoms. The average molecular weight is 406 g/mol. The lowest BCUT2D eigenvalue weighted by Crippen LogP contribution is -2.48. The molecule has 158 valence electrons. The molecule has 1 aliphatic carbocycles. The van der Waals surface area contributed by atoms with Gasteiger partial charge in [-0.2, -0.15) is 0 Å². The summed E-state index contributed by atoms with van der Waals surface area (Å²) in [6.45, 7) is 6.08. The van der Waals surface area contributed by atoms with E-state index in [4.69, 9.17) is 4.74 Å². The van der Waals surface area contributed by atoms with E-state index in [2.05, 4.69) is 15.4 Å². The summed E-state index contributed by atoms with van der Waals surface area (Å²) in [6.07, 6.45) is 6.66. The largest absolute Gasteiger partial charge is 0.444 e. The van der Waals surface area contributed by atoms with Gasteiger partial charge in [-0.15, -0.1) is 0 Å². The van der Waals surface area contributed by atoms with Gasteiger partial charge in [-0.1, -0.05) is 25.7 Å². The summed E-state index contributed by atoms with van der Waals surface area (Å²) >= 11 is 0. The second-order valence-corrected chi connectivity index (χ2v) is 9.99. The lowest BCUT2D eigenvalue weighted by Gasteiger charge is -2.30. The van der Waals surface area contributed by atoms with E-state index in [1.54, 1.807) is 20.8 Å². The molecule has 0 aromatic rings. The van der Waals surface area contributed by atoms with Gasteiger partial charge in [0.1, 0.15) is 5.60 Å². The third-order valence-electron chi connectivity index (χ3n) is 4.32. The summed E-state index contributed by atoms with van der Waals surface area (Å²) in [7, 11) is -3.22. The Bertz CT molecular complexity index is 586. The Labute approximate surface area is 163 Å². The zero-order valence-electron chi connectivity index (χ0n) is 17.0. The number of carbonyl (C=O) groups is 2. The van der Waals surface area contributed by atoms with Gasteiger partial charge in [-0.25, -0.2) is 17.9 Å². The molecule has 8 nitrogen and oxygen atoms in total. The van der Waals surface area contributed by atoms with Gasteiger partial charge in [-0.05, 0) is 40.0 Å². The quantitative estimate of drug-likeness (QED) is 0.560. The monoisotopic (exact) mass is 405 g/mol. The lowest BCUT2D eigenvalue weighted by atomic mass is 9.86. The van der Waals surface area contributed by atoms with Crippen LogP contribution in [0.2, 0.25) is 0 Å². The molecule has 0 saturated heterocycles. The summed E-state index contributed by atoms with van der Waals surface area (Å²) < 4.78 is 29.8. The van der Waals surface area contributed by atoms with Crippen LogP contribution in [-0.2, 0) is 19.6 Å². The van der Waals surface area contributed by atoms with Crippen LogP contribution < -0.4 is 15.4 Å². The standard InChI is InChI=1S/C18H35N3O5S/c1-18(2,3)26-17(23)21-15-11-8-6-5-7-10-14(15)16(22)19-12-9-13-20-27(4,24)25/h14-15,20H,5-13H2,1-4H3,(H,19,22)(H,21,23)/t14-,15+/m0/s1. The minimum absolute atomic E-state index is 0.0997. The van der Waals surface area contributed by atoms with Crippen molar-refractivity contribution >= 4 is 22.0 Å². The first-order valence-corrected chi connectivity index (χ1v) is 11.6. The fraction of sp³-hybridized carbons (Fsp3) is 0.889. The molecule has 1 fully saturated rings. The summed E-state index contributed by atoms with van der Waals surface area (Å²) in [5, 5.41) is 5.75. The first kappa shape index (κ1) is 23.7. The van der Waals surface area contributed by atoms with Crippen LogP contribution in [0.1, 0.15) is 65.7 Å². The number of ether oxygens (including phenoxy) is 1. The Morgan fingerprint density at radius 3 is 2.26 bits per heavy atom. The highest BCUT2D eigenvalue weighted by Gasteiger charge is 2.31. The van der Waals surface area contributed by atoms with Crippen molar-refractivity contribution < 1.29 is 22.7 Å². The fourth-order valence-electron chi connectivity index (χ4n) is 3.12. The molecular weight excluding hydrogens is 370 g/mol. The molecule has 1 saturated carbocycles. The van der Waals surface area contributed by atoms with Crippen molar-refractivity contribution in [3.8, 4) is 0 Å². The van der Waals surface area contributed by atoms with E-state index in [1.165, 1.54) is 0 Å². The third kappa shape index (κ3) is 11.2. The van der Waals surface area contributed by atoms with E-state index in [9.17, 15) is 18.0 Å². The van der Waals surface area contributed by atoms with Gasteiger partial charge in [0.15, 0.2) is 0 Å². The first-order valence-electron chi connectivity index (χ1n) is 9.70. The maximum absolute atomic E-state index is 12.7. The molecule has 2 amide bonds. The van der Waals surface area contributed by atoms with E-state index >= 15 is 0 Å². The van der Waals surface area contributed by atoms with Gasteiger partial charge in [0.05, 0.1) is 12.2 Å². The van der Waals surface area contributed by atoms with Crippen LogP contribution in [0, 0.1) is 5.92 Å². The van der Waals surface area contributed by atoms with Gasteiger partial charge < -0.3 is 15.4 Å². The molecule has 1 rings (SSSR count). The Kier molecular flexibility index (Phi) is 9.52. The smallest absolute Gasteiger partial charge is 0.407 e. The molecule has 27 heavy (non-hydrogen) atoms. The topological polar surface area (TPSA) is 114 Å². The number of amides is 2. The maximum Gasteiger partial charge on any atom is 0.407 e. The predicted molar refractivity (Wildman–Crippen MR) is 105 cm³/mol. The highest BCUT2D eigenvalue weighted by molar-refractivity contribution is 7.88. The highest BCUT2D eigenvalue weighted by atomic mass is 32.2. The second kappa shape index (κ2) is 10.8. The molecule has 0 aliphatic heterocycles. The fourth-order valence-corrected chi connectivity index (χ4v) is 3.63. The highest BCUT2D eigenvalue weighted by Crippen LogP contribution is 2.23. The zero-order valence-corrected chi connectivity index (χ0v) is 17.8. The molecule has 1 aliphatic rings. The molecule has 9 heteroatoms. The normalized spacial score (nSPS) is 21.6. The molecule has 0 heterocycles. The van der Waals surface area contributed by atoms with Crippen LogP contribution in [0.5, 0.6) is 0 Å². The minimum atomic E-state index is -3.22. The van der Waals surface area contributed by atoms with Crippen LogP contribution in [-0.4, -0.2) is 51.4 Å². The summed E-state index contributed by atoms with van der Waals surface area (Å²) in [5.41, 5.74) is -0.587. The SMILES string of the molecule is CC(C)(C)OC(=O)N[C@@H]1CCCCCC[C@@H]1C(=O)NCCCNS(C)(=O)=O. The van der Waals surface area contributed by atoms with E-state index in [-0.39, 0.29) is 24.4 Å². The van der Waals surface area contributed by atoms with Crippen LogP contribution in [0.25, 0.3) is 0 Å². The van der Waals surface area contributed by atoms with Gasteiger partial charge in [0.25, 0.3) is 0 Å². The Morgan fingerprint density at radius 1 is 1.04 bits per heavy atom. The van der Waals surface area contributed by atoms with Crippen molar-refractivity contribution in [2.75, 3.05) is 19.3 Å². The number of carbonyl (C=O) groups excluding carboxylic acids is 2. The molecule has 3 N–H and O–H groups in total. The molecule has 0 unspecified atom stereocenters.